The van der Waals surface area contributed by atoms with Gasteiger partial charge in [-0.15, -0.1) is 0 Å². The first-order valence-corrected chi connectivity index (χ1v) is 6.79. The van der Waals surface area contributed by atoms with E-state index in [2.05, 4.69) is 26.2 Å². The maximum absolute atomic E-state index is 13.3. The van der Waals surface area contributed by atoms with Gasteiger partial charge in [-0.2, -0.15) is 0 Å². The molecular formula is C15H11BrFN3. The number of hydrogen-bond acceptors (Lipinski definition) is 3. The lowest BCUT2D eigenvalue weighted by molar-refractivity contribution is 0.628. The molecule has 2 aromatic carbocycles. The first-order valence-electron chi connectivity index (χ1n) is 6.00. The Morgan fingerprint density at radius 1 is 1.05 bits per heavy atom. The van der Waals surface area contributed by atoms with Crippen LogP contribution in [-0.4, -0.2) is 4.98 Å². The molecule has 3 rings (SSSR count). The lowest BCUT2D eigenvalue weighted by atomic mass is 10.2. The van der Waals surface area contributed by atoms with Gasteiger partial charge in [-0.25, -0.2) is 9.37 Å². The van der Waals surface area contributed by atoms with Gasteiger partial charge < -0.3 is 11.1 Å². The predicted molar refractivity (Wildman–Crippen MR) is 83.5 cm³/mol. The van der Waals surface area contributed by atoms with Crippen molar-refractivity contribution in [3.63, 3.8) is 0 Å². The monoisotopic (exact) mass is 331 g/mol. The number of rotatable bonds is 2. The van der Waals surface area contributed by atoms with E-state index in [1.165, 1.54) is 12.1 Å². The van der Waals surface area contributed by atoms with Crippen molar-refractivity contribution in [3.05, 3.63) is 58.8 Å². The Balaban J connectivity index is 1.98. The molecule has 3 N–H and O–H groups in total. The zero-order valence-corrected chi connectivity index (χ0v) is 12.0. The standard InChI is InChI=1S/C15H11BrFN3/c16-12-4-2-10(17)8-14(12)20-15-6-1-9-7-11(18)3-5-13(9)19-15/h1-8H,18H2,(H,19,20). The average molecular weight is 332 g/mol. The van der Waals surface area contributed by atoms with Crippen LogP contribution >= 0.6 is 15.9 Å². The summed E-state index contributed by atoms with van der Waals surface area (Å²) in [6, 6.07) is 13.7. The number of nitrogen functional groups attached to an aromatic ring is 1. The van der Waals surface area contributed by atoms with Crippen LogP contribution in [0.15, 0.2) is 53.0 Å². The van der Waals surface area contributed by atoms with E-state index in [4.69, 9.17) is 5.73 Å². The third-order valence-corrected chi connectivity index (χ3v) is 3.60. The minimum Gasteiger partial charge on any atom is -0.399 e. The molecule has 20 heavy (non-hydrogen) atoms. The van der Waals surface area contributed by atoms with Gasteiger partial charge >= 0.3 is 0 Å². The number of nitrogens with zero attached hydrogens (tertiary/aromatic N) is 1. The first-order chi connectivity index (χ1) is 9.61. The van der Waals surface area contributed by atoms with Crippen molar-refractivity contribution in [1.29, 1.82) is 0 Å². The van der Waals surface area contributed by atoms with E-state index in [-0.39, 0.29) is 5.82 Å². The molecule has 1 aromatic heterocycles. The molecule has 0 aliphatic rings. The van der Waals surface area contributed by atoms with E-state index in [0.717, 1.165) is 15.4 Å². The van der Waals surface area contributed by atoms with Gasteiger partial charge in [0.05, 0.1) is 11.2 Å². The van der Waals surface area contributed by atoms with Crippen molar-refractivity contribution in [1.82, 2.24) is 4.98 Å². The molecule has 0 radical (unpaired) electrons. The van der Waals surface area contributed by atoms with Crippen LogP contribution in [0, 0.1) is 5.82 Å². The summed E-state index contributed by atoms with van der Waals surface area (Å²) in [5.41, 5.74) is 7.89. The largest absolute Gasteiger partial charge is 0.399 e. The summed E-state index contributed by atoms with van der Waals surface area (Å²) in [6.45, 7) is 0. The van der Waals surface area contributed by atoms with Crippen LogP contribution in [0.25, 0.3) is 10.9 Å². The Morgan fingerprint density at radius 3 is 2.75 bits per heavy atom. The van der Waals surface area contributed by atoms with Crippen LogP contribution < -0.4 is 11.1 Å². The van der Waals surface area contributed by atoms with Crippen LogP contribution in [0.1, 0.15) is 0 Å². The van der Waals surface area contributed by atoms with E-state index in [1.54, 1.807) is 12.1 Å². The number of nitrogens with two attached hydrogens (primary N) is 1. The van der Waals surface area contributed by atoms with Gasteiger partial charge in [0, 0.05) is 15.5 Å². The van der Waals surface area contributed by atoms with Crippen molar-refractivity contribution in [2.75, 3.05) is 11.1 Å². The normalized spacial score (nSPS) is 10.7. The summed E-state index contributed by atoms with van der Waals surface area (Å²) < 4.78 is 14.0. The molecule has 3 nitrogen and oxygen atoms in total. The fraction of sp³-hybridized carbons (Fsp3) is 0. The molecule has 0 spiro atoms. The Bertz CT molecular complexity index is 789. The molecule has 1 heterocycles. The van der Waals surface area contributed by atoms with Gasteiger partial charge in [0.2, 0.25) is 0 Å². The maximum Gasteiger partial charge on any atom is 0.131 e. The molecule has 5 heteroatoms. The number of nitrogens with one attached hydrogen (secondary N) is 1. The minimum atomic E-state index is -0.302. The van der Waals surface area contributed by atoms with Crippen LogP contribution in [0.3, 0.4) is 0 Å². The lowest BCUT2D eigenvalue weighted by Crippen LogP contribution is -1.95. The molecule has 0 amide bonds. The molecule has 0 unspecified atom stereocenters. The number of benzene rings is 2. The second-order valence-corrected chi connectivity index (χ2v) is 5.25. The molecule has 100 valence electrons. The number of hydrogen-bond donors (Lipinski definition) is 2. The van der Waals surface area contributed by atoms with Crippen LogP contribution in [0.5, 0.6) is 0 Å². The number of halogens is 2. The van der Waals surface area contributed by atoms with Gasteiger partial charge in [-0.1, -0.05) is 0 Å². The van der Waals surface area contributed by atoms with Gasteiger partial charge in [0.25, 0.3) is 0 Å². The minimum absolute atomic E-state index is 0.302. The summed E-state index contributed by atoms with van der Waals surface area (Å²) in [4.78, 5) is 4.47. The molecule has 0 fully saturated rings. The third-order valence-electron chi connectivity index (χ3n) is 2.90. The summed E-state index contributed by atoms with van der Waals surface area (Å²) in [7, 11) is 0. The quantitative estimate of drug-likeness (QED) is 0.681. The maximum atomic E-state index is 13.3. The lowest BCUT2D eigenvalue weighted by Gasteiger charge is -2.09. The van der Waals surface area contributed by atoms with Gasteiger partial charge in [-0.3, -0.25) is 0 Å². The first kappa shape index (κ1) is 12.9. The third kappa shape index (κ3) is 2.58. The highest BCUT2D eigenvalue weighted by Crippen LogP contribution is 2.27. The summed E-state index contributed by atoms with van der Waals surface area (Å²) in [5.74, 6) is 0.345. The Kier molecular flexibility index (Phi) is 3.28. The van der Waals surface area contributed by atoms with Crippen LogP contribution in [0.2, 0.25) is 0 Å². The van der Waals surface area contributed by atoms with Gasteiger partial charge in [0.1, 0.15) is 11.6 Å². The average Bonchev–Trinajstić information content (AvgIpc) is 2.43. The molecule has 0 atom stereocenters. The fourth-order valence-electron chi connectivity index (χ4n) is 1.94. The molecule has 3 aromatic rings. The highest BCUT2D eigenvalue weighted by atomic mass is 79.9. The number of aromatic nitrogens is 1. The van der Waals surface area contributed by atoms with Gasteiger partial charge in [0.15, 0.2) is 0 Å². The van der Waals surface area contributed by atoms with Crippen molar-refractivity contribution in [2.24, 2.45) is 0 Å². The van der Waals surface area contributed by atoms with E-state index in [0.29, 0.717) is 17.2 Å². The SMILES string of the molecule is Nc1ccc2nc(Nc3cc(F)ccc3Br)ccc2c1. The molecule has 0 saturated heterocycles. The molecule has 0 aliphatic carbocycles. The zero-order valence-electron chi connectivity index (χ0n) is 10.4. The molecule has 0 aliphatic heterocycles. The summed E-state index contributed by atoms with van der Waals surface area (Å²) >= 11 is 3.37. The van der Waals surface area contributed by atoms with Crippen molar-refractivity contribution < 1.29 is 4.39 Å². The smallest absolute Gasteiger partial charge is 0.131 e. The number of anilines is 3. The highest BCUT2D eigenvalue weighted by Gasteiger charge is 2.04. The van der Waals surface area contributed by atoms with E-state index in [1.807, 2.05) is 24.3 Å². The number of pyridine rings is 1. The Hall–Kier alpha value is -2.14. The van der Waals surface area contributed by atoms with E-state index in [9.17, 15) is 4.39 Å². The van der Waals surface area contributed by atoms with Crippen molar-refractivity contribution in [2.45, 2.75) is 0 Å². The molecular weight excluding hydrogens is 321 g/mol. The molecule has 0 saturated carbocycles. The highest BCUT2D eigenvalue weighted by molar-refractivity contribution is 9.10. The Morgan fingerprint density at radius 2 is 1.90 bits per heavy atom. The summed E-state index contributed by atoms with van der Waals surface area (Å²) in [6.07, 6.45) is 0. The predicted octanol–water partition coefficient (Wildman–Crippen LogP) is 4.46. The second-order valence-electron chi connectivity index (χ2n) is 4.40. The van der Waals surface area contributed by atoms with Crippen LogP contribution in [0.4, 0.5) is 21.6 Å². The van der Waals surface area contributed by atoms with Crippen molar-refractivity contribution in [3.8, 4) is 0 Å². The number of fused-ring (bicyclic) bond motifs is 1. The van der Waals surface area contributed by atoms with E-state index < -0.39 is 0 Å². The zero-order chi connectivity index (χ0) is 14.1. The van der Waals surface area contributed by atoms with E-state index >= 15 is 0 Å². The van der Waals surface area contributed by atoms with Crippen LogP contribution in [-0.2, 0) is 0 Å². The van der Waals surface area contributed by atoms with Crippen molar-refractivity contribution >= 4 is 44.0 Å². The topological polar surface area (TPSA) is 50.9 Å². The Labute approximate surface area is 123 Å². The molecule has 0 bridgehead atoms. The second kappa shape index (κ2) is 5.09. The fourth-order valence-corrected chi connectivity index (χ4v) is 2.29. The summed E-state index contributed by atoms with van der Waals surface area (Å²) in [5, 5.41) is 4.06. The van der Waals surface area contributed by atoms with Gasteiger partial charge in [-0.05, 0) is 64.5 Å².